The number of hydrogen-bond acceptors (Lipinski definition) is 5. The van der Waals surface area contributed by atoms with Crippen molar-refractivity contribution in [3.8, 4) is 0 Å². The highest BCUT2D eigenvalue weighted by Crippen LogP contribution is 2.12. The Balaban J connectivity index is 2.00. The molecule has 0 spiro atoms. The molecule has 0 aromatic carbocycles. The molecule has 1 unspecified atom stereocenters. The van der Waals surface area contributed by atoms with E-state index in [0.717, 1.165) is 0 Å². The molecule has 1 aliphatic heterocycles. The molecule has 0 fully saturated rings. The lowest BCUT2D eigenvalue weighted by Crippen LogP contribution is -2.17. The number of hydrogen-bond donors (Lipinski definition) is 0. The van der Waals surface area contributed by atoms with E-state index in [4.69, 9.17) is 18.9 Å². The summed E-state index contributed by atoms with van der Waals surface area (Å²) in [6.45, 7) is 3.27. The first-order valence-corrected chi connectivity index (χ1v) is 4.78. The lowest BCUT2D eigenvalue weighted by atomic mass is 10.3. The Labute approximate surface area is 88.9 Å². The molecular formula is C10H16O5. The Morgan fingerprint density at radius 1 is 1.40 bits per heavy atom. The minimum atomic E-state index is -0.275. The summed E-state index contributed by atoms with van der Waals surface area (Å²) in [5.41, 5.74) is 0.629. The molecule has 1 atom stereocenters. The van der Waals surface area contributed by atoms with E-state index in [9.17, 15) is 4.79 Å². The van der Waals surface area contributed by atoms with Gasteiger partial charge in [0.25, 0.3) is 0 Å². The van der Waals surface area contributed by atoms with Crippen LogP contribution in [0.2, 0.25) is 0 Å². The Morgan fingerprint density at radius 3 is 2.80 bits per heavy atom. The number of esters is 1. The first-order valence-electron chi connectivity index (χ1n) is 4.78. The fraction of sp³-hybridized carbons (Fsp3) is 0.700. The SMILES string of the molecule is COCCOCOCC1C=C(C)C(=O)O1. The number of cyclic esters (lactones) is 1. The van der Waals surface area contributed by atoms with Crippen LogP contribution in [0, 0.1) is 0 Å². The maximum Gasteiger partial charge on any atom is 0.334 e. The van der Waals surface area contributed by atoms with Gasteiger partial charge in [0, 0.05) is 12.7 Å². The molecular weight excluding hydrogens is 200 g/mol. The Kier molecular flexibility index (Phi) is 5.31. The minimum Gasteiger partial charge on any atom is -0.452 e. The van der Waals surface area contributed by atoms with Crippen LogP contribution in [0.15, 0.2) is 11.6 Å². The molecule has 0 N–H and O–H groups in total. The maximum atomic E-state index is 11.0. The molecule has 0 aromatic rings. The van der Waals surface area contributed by atoms with Crippen LogP contribution in [0.4, 0.5) is 0 Å². The van der Waals surface area contributed by atoms with Gasteiger partial charge in [0.1, 0.15) is 12.9 Å². The molecule has 0 aromatic heterocycles. The van der Waals surface area contributed by atoms with Gasteiger partial charge in [-0.15, -0.1) is 0 Å². The van der Waals surface area contributed by atoms with Crippen molar-refractivity contribution in [3.63, 3.8) is 0 Å². The summed E-state index contributed by atoms with van der Waals surface area (Å²) in [5.74, 6) is -0.274. The monoisotopic (exact) mass is 216 g/mol. The van der Waals surface area contributed by atoms with Gasteiger partial charge in [-0.3, -0.25) is 0 Å². The van der Waals surface area contributed by atoms with Crippen molar-refractivity contribution >= 4 is 5.97 Å². The summed E-state index contributed by atoms with van der Waals surface area (Å²) in [6.07, 6.45) is 1.47. The van der Waals surface area contributed by atoms with Crippen molar-refractivity contribution in [2.24, 2.45) is 0 Å². The molecule has 1 heterocycles. The predicted octanol–water partition coefficient (Wildman–Crippen LogP) is 0.495. The third kappa shape index (κ3) is 4.42. The summed E-state index contributed by atoms with van der Waals surface area (Å²) in [6, 6.07) is 0. The summed E-state index contributed by atoms with van der Waals surface area (Å²) < 4.78 is 20.0. The van der Waals surface area contributed by atoms with Gasteiger partial charge in [-0.2, -0.15) is 0 Å². The van der Waals surface area contributed by atoms with Crippen LogP contribution in [-0.4, -0.2) is 45.8 Å². The molecule has 0 saturated heterocycles. The lowest BCUT2D eigenvalue weighted by molar-refractivity contribution is -0.144. The van der Waals surface area contributed by atoms with Gasteiger partial charge in [-0.25, -0.2) is 4.79 Å². The number of carbonyl (C=O) groups excluding carboxylic acids is 1. The fourth-order valence-electron chi connectivity index (χ4n) is 1.12. The van der Waals surface area contributed by atoms with Crippen LogP contribution in [0.5, 0.6) is 0 Å². The molecule has 0 radical (unpaired) electrons. The van der Waals surface area contributed by atoms with E-state index < -0.39 is 0 Å². The zero-order valence-electron chi connectivity index (χ0n) is 9.02. The average molecular weight is 216 g/mol. The zero-order chi connectivity index (χ0) is 11.1. The first-order chi connectivity index (χ1) is 7.24. The van der Waals surface area contributed by atoms with Crippen molar-refractivity contribution in [2.45, 2.75) is 13.0 Å². The van der Waals surface area contributed by atoms with Crippen LogP contribution in [0.1, 0.15) is 6.92 Å². The van der Waals surface area contributed by atoms with E-state index in [1.165, 1.54) is 0 Å². The van der Waals surface area contributed by atoms with Crippen molar-refractivity contribution in [1.82, 2.24) is 0 Å². The molecule has 0 aliphatic carbocycles. The van der Waals surface area contributed by atoms with E-state index in [-0.39, 0.29) is 18.9 Å². The first kappa shape index (κ1) is 12.2. The average Bonchev–Trinajstić information content (AvgIpc) is 2.52. The maximum absolute atomic E-state index is 11.0. The molecule has 0 saturated carbocycles. The number of rotatable bonds is 7. The third-order valence-electron chi connectivity index (χ3n) is 1.90. The van der Waals surface area contributed by atoms with Crippen molar-refractivity contribution < 1.29 is 23.7 Å². The third-order valence-corrected chi connectivity index (χ3v) is 1.90. The van der Waals surface area contributed by atoms with E-state index in [1.54, 1.807) is 20.1 Å². The molecule has 1 aliphatic rings. The molecule has 5 heteroatoms. The largest absolute Gasteiger partial charge is 0.452 e. The summed E-state index contributed by atoms with van der Waals surface area (Å²) in [7, 11) is 1.61. The van der Waals surface area contributed by atoms with Crippen LogP contribution >= 0.6 is 0 Å². The van der Waals surface area contributed by atoms with E-state index in [0.29, 0.717) is 25.4 Å². The topological polar surface area (TPSA) is 54.0 Å². The normalized spacial score (nSPS) is 20.3. The predicted molar refractivity (Wildman–Crippen MR) is 52.3 cm³/mol. The highest BCUT2D eigenvalue weighted by atomic mass is 16.7. The van der Waals surface area contributed by atoms with E-state index in [2.05, 4.69) is 0 Å². The molecule has 0 bridgehead atoms. The second kappa shape index (κ2) is 6.55. The van der Waals surface area contributed by atoms with Gasteiger partial charge >= 0.3 is 5.97 Å². The summed E-state index contributed by atoms with van der Waals surface area (Å²) in [4.78, 5) is 11.0. The Bertz CT molecular complexity index is 236. The van der Waals surface area contributed by atoms with E-state index >= 15 is 0 Å². The smallest absolute Gasteiger partial charge is 0.334 e. The Hall–Kier alpha value is -0.910. The van der Waals surface area contributed by atoms with Gasteiger partial charge in [0.2, 0.25) is 0 Å². The zero-order valence-corrected chi connectivity index (χ0v) is 9.02. The molecule has 15 heavy (non-hydrogen) atoms. The molecule has 86 valence electrons. The molecule has 1 rings (SSSR count). The van der Waals surface area contributed by atoms with Crippen molar-refractivity contribution in [3.05, 3.63) is 11.6 Å². The van der Waals surface area contributed by atoms with Gasteiger partial charge < -0.3 is 18.9 Å². The minimum absolute atomic E-state index is 0.185. The van der Waals surface area contributed by atoms with Gasteiger partial charge in [-0.05, 0) is 13.0 Å². The van der Waals surface area contributed by atoms with Crippen molar-refractivity contribution in [2.75, 3.05) is 33.7 Å². The van der Waals surface area contributed by atoms with Gasteiger partial charge in [-0.1, -0.05) is 0 Å². The highest BCUT2D eigenvalue weighted by Gasteiger charge is 2.21. The second-order valence-electron chi connectivity index (χ2n) is 3.18. The quantitative estimate of drug-likeness (QED) is 0.352. The number of carbonyl (C=O) groups is 1. The summed E-state index contributed by atoms with van der Waals surface area (Å²) >= 11 is 0. The molecule has 5 nitrogen and oxygen atoms in total. The Morgan fingerprint density at radius 2 is 2.20 bits per heavy atom. The number of methoxy groups -OCH3 is 1. The van der Waals surface area contributed by atoms with Gasteiger partial charge in [0.05, 0.1) is 19.8 Å². The lowest BCUT2D eigenvalue weighted by Gasteiger charge is -2.09. The molecule has 0 amide bonds. The fourth-order valence-corrected chi connectivity index (χ4v) is 1.12. The summed E-state index contributed by atoms with van der Waals surface area (Å²) in [5, 5.41) is 0. The van der Waals surface area contributed by atoms with Gasteiger partial charge in [0.15, 0.2) is 0 Å². The number of ether oxygens (including phenoxy) is 4. The van der Waals surface area contributed by atoms with Crippen molar-refractivity contribution in [1.29, 1.82) is 0 Å². The second-order valence-corrected chi connectivity index (χ2v) is 3.18. The standard InChI is InChI=1S/C10H16O5/c1-8-5-9(15-10(8)11)6-14-7-13-4-3-12-2/h5,9H,3-4,6-7H2,1-2H3. The van der Waals surface area contributed by atoms with E-state index in [1.807, 2.05) is 0 Å². The van der Waals surface area contributed by atoms with Crippen LogP contribution < -0.4 is 0 Å². The van der Waals surface area contributed by atoms with Crippen LogP contribution in [-0.2, 0) is 23.7 Å². The highest BCUT2D eigenvalue weighted by molar-refractivity contribution is 5.90. The van der Waals surface area contributed by atoms with Crippen LogP contribution in [0.3, 0.4) is 0 Å². The van der Waals surface area contributed by atoms with Crippen LogP contribution in [0.25, 0.3) is 0 Å².